The average Bonchev–Trinajstić information content (AvgIpc) is 3.39. The summed E-state index contributed by atoms with van der Waals surface area (Å²) in [5.74, 6) is -1.22. The molecular weight excluding hydrogens is 919 g/mol. The van der Waals surface area contributed by atoms with Gasteiger partial charge in [0, 0.05) is 6.42 Å². The number of aliphatic hydroxyl groups excluding tert-OH is 5. The molecule has 0 aromatic rings. The lowest BCUT2D eigenvalue weighted by Gasteiger charge is -2.41. The number of esters is 1. The molecule has 422 valence electrons. The number of carbonyl (C=O) groups is 2. The smallest absolute Gasteiger partial charge is 0.306 e. The van der Waals surface area contributed by atoms with Crippen LogP contribution in [0.15, 0.2) is 72.9 Å². The summed E-state index contributed by atoms with van der Waals surface area (Å²) in [4.78, 5) is 26.5. The van der Waals surface area contributed by atoms with Crippen molar-refractivity contribution in [1.82, 2.24) is 5.32 Å². The molecule has 0 radical (unpaired) electrons. The molecule has 8 atom stereocenters. The molecule has 11 nitrogen and oxygen atoms in total. The monoisotopic (exact) mass is 1030 g/mol. The number of carbonyl (C=O) groups excluding carboxylic acids is 2. The van der Waals surface area contributed by atoms with Crippen molar-refractivity contribution >= 4 is 11.9 Å². The molecular formula is C62H109NO10. The minimum atomic E-state index is -1.62. The Morgan fingerprint density at radius 3 is 1.60 bits per heavy atom. The van der Waals surface area contributed by atoms with Crippen LogP contribution in [-0.2, 0) is 23.8 Å². The molecule has 1 aliphatic rings. The highest BCUT2D eigenvalue weighted by Crippen LogP contribution is 2.26. The van der Waals surface area contributed by atoms with E-state index in [0.29, 0.717) is 12.8 Å². The summed E-state index contributed by atoms with van der Waals surface area (Å²) in [5.41, 5.74) is 0. The van der Waals surface area contributed by atoms with Gasteiger partial charge in [0.1, 0.15) is 24.4 Å². The molecule has 73 heavy (non-hydrogen) atoms. The summed E-state index contributed by atoms with van der Waals surface area (Å²) in [7, 11) is 0. The third-order valence-electron chi connectivity index (χ3n) is 13.7. The van der Waals surface area contributed by atoms with Crippen LogP contribution in [0.3, 0.4) is 0 Å². The summed E-state index contributed by atoms with van der Waals surface area (Å²) in [6.45, 7) is 5.62. The number of rotatable bonds is 49. The number of allylic oxidation sites excluding steroid dienone is 11. The number of unbranched alkanes of at least 4 members (excludes halogenated alkanes) is 27. The molecule has 1 rings (SSSR count). The number of ether oxygens (including phenoxy) is 3. The zero-order valence-corrected chi connectivity index (χ0v) is 46.5. The van der Waals surface area contributed by atoms with Crippen LogP contribution in [0.25, 0.3) is 0 Å². The van der Waals surface area contributed by atoms with E-state index in [0.717, 1.165) is 116 Å². The van der Waals surface area contributed by atoms with Crippen LogP contribution >= 0.6 is 0 Å². The van der Waals surface area contributed by atoms with Gasteiger partial charge < -0.3 is 45.1 Å². The van der Waals surface area contributed by atoms with Gasteiger partial charge in [-0.25, -0.2) is 0 Å². The Labute approximate surface area is 445 Å². The normalized spacial score (nSPS) is 19.9. The maximum atomic E-state index is 13.4. The first kappa shape index (κ1) is 68.1. The van der Waals surface area contributed by atoms with Crippen LogP contribution in [0.2, 0.25) is 0 Å². The van der Waals surface area contributed by atoms with Gasteiger partial charge in [-0.05, 0) is 77.0 Å². The Balaban J connectivity index is 2.74. The summed E-state index contributed by atoms with van der Waals surface area (Å²) < 4.78 is 17.6. The highest BCUT2D eigenvalue weighted by Gasteiger charge is 2.47. The van der Waals surface area contributed by atoms with E-state index in [9.17, 15) is 35.1 Å². The Morgan fingerprint density at radius 1 is 0.562 bits per heavy atom. The first-order chi connectivity index (χ1) is 35.7. The molecule has 0 spiro atoms. The van der Waals surface area contributed by atoms with Crippen molar-refractivity contribution in [3.8, 4) is 0 Å². The quantitative estimate of drug-likeness (QED) is 0.0149. The van der Waals surface area contributed by atoms with Crippen LogP contribution in [-0.4, -0.2) is 99.6 Å². The molecule has 8 unspecified atom stereocenters. The van der Waals surface area contributed by atoms with Gasteiger partial charge in [-0.15, -0.1) is 0 Å². The van der Waals surface area contributed by atoms with Crippen molar-refractivity contribution in [1.29, 1.82) is 0 Å². The Hall–Kier alpha value is -2.90. The van der Waals surface area contributed by atoms with Gasteiger partial charge in [0.2, 0.25) is 5.91 Å². The minimum absolute atomic E-state index is 0.107. The third kappa shape index (κ3) is 38.3. The molecule has 0 bridgehead atoms. The van der Waals surface area contributed by atoms with Crippen molar-refractivity contribution in [2.45, 2.75) is 294 Å². The Morgan fingerprint density at radius 2 is 1.04 bits per heavy atom. The fourth-order valence-corrected chi connectivity index (χ4v) is 8.92. The lowest BCUT2D eigenvalue weighted by atomic mass is 9.99. The van der Waals surface area contributed by atoms with Gasteiger partial charge >= 0.3 is 5.97 Å². The molecule has 1 heterocycles. The van der Waals surface area contributed by atoms with Crippen LogP contribution in [0.5, 0.6) is 0 Å². The number of hydrogen-bond donors (Lipinski definition) is 6. The van der Waals surface area contributed by atoms with E-state index in [4.69, 9.17) is 14.2 Å². The molecule has 1 saturated heterocycles. The van der Waals surface area contributed by atoms with Crippen molar-refractivity contribution < 1.29 is 49.3 Å². The maximum Gasteiger partial charge on any atom is 0.306 e. The van der Waals surface area contributed by atoms with Crippen LogP contribution < -0.4 is 5.32 Å². The van der Waals surface area contributed by atoms with Crippen LogP contribution in [0.4, 0.5) is 0 Å². The second kappa shape index (κ2) is 49.9. The lowest BCUT2D eigenvalue weighted by molar-refractivity contribution is -0.305. The van der Waals surface area contributed by atoms with Crippen molar-refractivity contribution in [2.75, 3.05) is 13.2 Å². The molecule has 0 saturated carbocycles. The molecule has 1 aliphatic heterocycles. The summed E-state index contributed by atoms with van der Waals surface area (Å²) in [6.07, 6.45) is 52.2. The predicted octanol–water partition coefficient (Wildman–Crippen LogP) is 13.6. The van der Waals surface area contributed by atoms with Crippen molar-refractivity contribution in [3.63, 3.8) is 0 Å². The van der Waals surface area contributed by atoms with E-state index in [1.807, 2.05) is 12.2 Å². The van der Waals surface area contributed by atoms with Gasteiger partial charge in [0.15, 0.2) is 12.4 Å². The zero-order valence-electron chi connectivity index (χ0n) is 46.5. The van der Waals surface area contributed by atoms with Crippen molar-refractivity contribution in [2.24, 2.45) is 0 Å². The molecule has 0 aliphatic carbocycles. The molecule has 11 heteroatoms. The Kier molecular flexibility index (Phi) is 46.6. The topological polar surface area (TPSA) is 175 Å². The van der Waals surface area contributed by atoms with Gasteiger partial charge in [-0.3, -0.25) is 9.59 Å². The van der Waals surface area contributed by atoms with Gasteiger partial charge in [0.25, 0.3) is 0 Å². The molecule has 1 amide bonds. The summed E-state index contributed by atoms with van der Waals surface area (Å²) >= 11 is 0. The van der Waals surface area contributed by atoms with E-state index in [2.05, 4.69) is 80.8 Å². The van der Waals surface area contributed by atoms with Gasteiger partial charge in [0.05, 0.1) is 25.4 Å². The summed E-state index contributed by atoms with van der Waals surface area (Å²) in [5, 5.41) is 56.9. The number of hydrogen-bond acceptors (Lipinski definition) is 10. The first-order valence-corrected chi connectivity index (χ1v) is 29.7. The molecule has 6 N–H and O–H groups in total. The summed E-state index contributed by atoms with van der Waals surface area (Å²) in [6, 6.07) is -1.03. The zero-order chi connectivity index (χ0) is 53.3. The van der Waals surface area contributed by atoms with E-state index in [1.165, 1.54) is 83.5 Å². The van der Waals surface area contributed by atoms with Gasteiger partial charge in [-0.2, -0.15) is 0 Å². The van der Waals surface area contributed by atoms with E-state index in [1.54, 1.807) is 6.08 Å². The van der Waals surface area contributed by atoms with E-state index in [-0.39, 0.29) is 19.4 Å². The molecule has 0 aromatic heterocycles. The second-order valence-electron chi connectivity index (χ2n) is 20.4. The van der Waals surface area contributed by atoms with Gasteiger partial charge in [-0.1, -0.05) is 235 Å². The standard InChI is InChI=1S/C62H109NO10/c1-4-7-10-13-16-19-22-25-27-29-31-34-37-40-43-46-49-55(66)61(70)63-53(54(65)48-45-42-39-36-33-30-24-21-18-15-12-9-6-3)52-71-62-60(59(69)58(68)56(51-64)72-62)73-57(67)50-47-44-41-38-35-32-28-26-23-20-17-14-11-8-5-2/h8,11,14,16-17,19-20,23,25,27,45,48,53-56,58-60,62,64-66,68-69H,4-7,9-10,12-13,15,18,21-22,24,26,28-44,46-47,49-52H2,1-3H3,(H,63,70)/b11-8+,17-14+,19-16-,23-20+,27-25-,48-45+. The fraction of sp³-hybridized carbons (Fsp3) is 0.774. The lowest BCUT2D eigenvalue weighted by Crippen LogP contribution is -2.61. The van der Waals surface area contributed by atoms with Crippen molar-refractivity contribution in [3.05, 3.63) is 72.9 Å². The Bertz CT molecular complexity index is 1460. The molecule has 0 aromatic carbocycles. The third-order valence-corrected chi connectivity index (χ3v) is 13.7. The number of nitrogens with one attached hydrogen (secondary N) is 1. The predicted molar refractivity (Wildman–Crippen MR) is 301 cm³/mol. The highest BCUT2D eigenvalue weighted by molar-refractivity contribution is 5.80. The minimum Gasteiger partial charge on any atom is -0.454 e. The number of amides is 1. The maximum absolute atomic E-state index is 13.4. The number of aliphatic hydroxyl groups is 5. The molecule has 1 fully saturated rings. The van der Waals surface area contributed by atoms with E-state index < -0.39 is 67.4 Å². The highest BCUT2D eigenvalue weighted by atomic mass is 16.7. The first-order valence-electron chi connectivity index (χ1n) is 29.7. The van der Waals surface area contributed by atoms with Crippen LogP contribution in [0.1, 0.15) is 245 Å². The average molecular weight is 1030 g/mol. The fourth-order valence-electron chi connectivity index (χ4n) is 8.92. The second-order valence-corrected chi connectivity index (χ2v) is 20.4. The SMILES string of the molecule is CC/C=C/C=C/C=C/CCCCCCCCCC(=O)OC1C(OCC(NC(=O)C(O)CCCCCCCC/C=C\C/C=C\CCCCC)C(O)/C=C/CCCCCCCCCCCCC)OC(CO)C(O)C1O. The van der Waals surface area contributed by atoms with E-state index >= 15 is 0 Å². The largest absolute Gasteiger partial charge is 0.454 e. The van der Waals surface area contributed by atoms with Crippen LogP contribution in [0, 0.1) is 0 Å².